The molecule has 0 bridgehead atoms. The van der Waals surface area contributed by atoms with Gasteiger partial charge in [-0.2, -0.15) is 0 Å². The third-order valence-electron chi connectivity index (χ3n) is 4.64. The van der Waals surface area contributed by atoms with E-state index in [-0.39, 0.29) is 5.82 Å². The highest BCUT2D eigenvalue weighted by atomic mass is 19.1. The van der Waals surface area contributed by atoms with Crippen LogP contribution in [0.25, 0.3) is 0 Å². The summed E-state index contributed by atoms with van der Waals surface area (Å²) in [4.78, 5) is 13.0. The SMILES string of the molecule is CN(C[C@H](O)c1ccc(F)cc1)C1CCN(c2ncccn2)CC1. The summed E-state index contributed by atoms with van der Waals surface area (Å²) < 4.78 is 13.0. The molecule has 1 aromatic heterocycles. The van der Waals surface area contributed by atoms with Gasteiger partial charge in [0.25, 0.3) is 0 Å². The summed E-state index contributed by atoms with van der Waals surface area (Å²) in [7, 11) is 2.03. The molecule has 0 spiro atoms. The fourth-order valence-corrected chi connectivity index (χ4v) is 3.17. The zero-order chi connectivity index (χ0) is 16.9. The molecule has 1 saturated heterocycles. The number of likely N-dealkylation sites (N-methyl/N-ethyl adjacent to an activating group) is 1. The van der Waals surface area contributed by atoms with E-state index < -0.39 is 6.10 Å². The van der Waals surface area contributed by atoms with Crippen LogP contribution in [0.15, 0.2) is 42.7 Å². The van der Waals surface area contributed by atoms with Crippen LogP contribution in [0.1, 0.15) is 24.5 Å². The number of halogens is 1. The summed E-state index contributed by atoms with van der Waals surface area (Å²) in [6.45, 7) is 2.36. The number of aromatic nitrogens is 2. The second-order valence-corrected chi connectivity index (χ2v) is 6.27. The first-order valence-corrected chi connectivity index (χ1v) is 8.29. The van der Waals surface area contributed by atoms with E-state index in [9.17, 15) is 9.50 Å². The molecule has 24 heavy (non-hydrogen) atoms. The highest BCUT2D eigenvalue weighted by Gasteiger charge is 2.25. The normalized spacial score (nSPS) is 17.2. The van der Waals surface area contributed by atoms with E-state index in [4.69, 9.17) is 0 Å². The lowest BCUT2D eigenvalue weighted by molar-refractivity contribution is 0.0958. The van der Waals surface area contributed by atoms with Crippen LogP contribution in [-0.4, -0.2) is 52.7 Å². The molecule has 6 heteroatoms. The van der Waals surface area contributed by atoms with Crippen LogP contribution in [0.2, 0.25) is 0 Å². The molecule has 1 aromatic carbocycles. The first-order chi connectivity index (χ1) is 11.6. The van der Waals surface area contributed by atoms with E-state index in [1.807, 2.05) is 13.1 Å². The molecule has 1 atom stereocenters. The minimum atomic E-state index is -0.605. The Balaban J connectivity index is 1.51. The summed E-state index contributed by atoms with van der Waals surface area (Å²) >= 11 is 0. The number of anilines is 1. The minimum absolute atomic E-state index is 0.283. The average Bonchev–Trinajstić information content (AvgIpc) is 2.63. The van der Waals surface area contributed by atoms with Crippen molar-refractivity contribution in [2.24, 2.45) is 0 Å². The smallest absolute Gasteiger partial charge is 0.225 e. The van der Waals surface area contributed by atoms with Gasteiger partial charge >= 0.3 is 0 Å². The maximum absolute atomic E-state index is 13.0. The average molecular weight is 330 g/mol. The van der Waals surface area contributed by atoms with Crippen molar-refractivity contribution in [3.63, 3.8) is 0 Å². The van der Waals surface area contributed by atoms with E-state index in [2.05, 4.69) is 19.8 Å². The number of aliphatic hydroxyl groups excluding tert-OH is 1. The molecule has 0 aliphatic carbocycles. The van der Waals surface area contributed by atoms with E-state index in [1.165, 1.54) is 12.1 Å². The van der Waals surface area contributed by atoms with Crippen LogP contribution >= 0.6 is 0 Å². The molecule has 2 aromatic rings. The molecule has 3 rings (SSSR count). The van der Waals surface area contributed by atoms with Crippen LogP contribution in [0.5, 0.6) is 0 Å². The predicted molar refractivity (Wildman–Crippen MR) is 91.3 cm³/mol. The Kier molecular flexibility index (Phi) is 5.37. The van der Waals surface area contributed by atoms with Gasteiger partial charge < -0.3 is 14.9 Å². The summed E-state index contributed by atoms with van der Waals surface area (Å²) in [5, 5.41) is 10.3. The predicted octanol–water partition coefficient (Wildman–Crippen LogP) is 2.25. The van der Waals surface area contributed by atoms with Gasteiger partial charge in [-0.05, 0) is 43.7 Å². The summed E-state index contributed by atoms with van der Waals surface area (Å²) in [5.41, 5.74) is 0.748. The number of piperidine rings is 1. The number of hydrogen-bond donors (Lipinski definition) is 1. The molecular formula is C18H23FN4O. The van der Waals surface area contributed by atoms with Crippen molar-refractivity contribution in [2.75, 3.05) is 31.6 Å². The fourth-order valence-electron chi connectivity index (χ4n) is 3.17. The standard InChI is InChI=1S/C18H23FN4O/c1-22(13-17(24)14-3-5-15(19)6-4-14)16-7-11-23(12-8-16)18-20-9-2-10-21-18/h2-6,9-10,16-17,24H,7-8,11-13H2,1H3/t17-/m0/s1. The number of nitrogens with zero attached hydrogens (tertiary/aromatic N) is 4. The fraction of sp³-hybridized carbons (Fsp3) is 0.444. The van der Waals surface area contributed by atoms with Gasteiger partial charge in [0.05, 0.1) is 6.10 Å². The van der Waals surface area contributed by atoms with Crippen molar-refractivity contribution >= 4 is 5.95 Å². The molecular weight excluding hydrogens is 307 g/mol. The van der Waals surface area contributed by atoms with Crippen molar-refractivity contribution in [1.82, 2.24) is 14.9 Å². The van der Waals surface area contributed by atoms with E-state index >= 15 is 0 Å². The Morgan fingerprint density at radius 3 is 2.46 bits per heavy atom. The van der Waals surface area contributed by atoms with Crippen LogP contribution in [0.4, 0.5) is 10.3 Å². The Labute approximate surface area is 141 Å². The molecule has 0 unspecified atom stereocenters. The third kappa shape index (κ3) is 4.07. The summed E-state index contributed by atoms with van der Waals surface area (Å²) in [5.74, 6) is 0.500. The van der Waals surface area contributed by atoms with Gasteiger partial charge in [-0.1, -0.05) is 12.1 Å². The van der Waals surface area contributed by atoms with Crippen molar-refractivity contribution in [3.8, 4) is 0 Å². The maximum atomic E-state index is 13.0. The number of hydrogen-bond acceptors (Lipinski definition) is 5. The molecule has 5 nitrogen and oxygen atoms in total. The lowest BCUT2D eigenvalue weighted by Gasteiger charge is -2.37. The van der Waals surface area contributed by atoms with Gasteiger partial charge in [-0.15, -0.1) is 0 Å². The maximum Gasteiger partial charge on any atom is 0.225 e. The summed E-state index contributed by atoms with van der Waals surface area (Å²) in [6, 6.07) is 8.29. The van der Waals surface area contributed by atoms with Crippen molar-refractivity contribution in [3.05, 3.63) is 54.1 Å². The summed E-state index contributed by atoms with van der Waals surface area (Å²) in [6.07, 6.45) is 4.93. The van der Waals surface area contributed by atoms with Gasteiger partial charge in [-0.3, -0.25) is 0 Å². The quantitative estimate of drug-likeness (QED) is 0.911. The Hall–Kier alpha value is -2.05. The highest BCUT2D eigenvalue weighted by molar-refractivity contribution is 5.29. The zero-order valence-electron chi connectivity index (χ0n) is 13.8. The van der Waals surface area contributed by atoms with Crippen LogP contribution in [0, 0.1) is 5.82 Å². The van der Waals surface area contributed by atoms with E-state index in [1.54, 1.807) is 24.5 Å². The largest absolute Gasteiger partial charge is 0.387 e. The van der Waals surface area contributed by atoms with Crippen molar-refractivity contribution < 1.29 is 9.50 Å². The molecule has 128 valence electrons. The van der Waals surface area contributed by atoms with Crippen LogP contribution < -0.4 is 4.90 Å². The number of benzene rings is 1. The lowest BCUT2D eigenvalue weighted by Crippen LogP contribution is -2.45. The van der Waals surface area contributed by atoms with Crippen molar-refractivity contribution in [1.29, 1.82) is 0 Å². The van der Waals surface area contributed by atoms with Gasteiger partial charge in [0.2, 0.25) is 5.95 Å². The highest BCUT2D eigenvalue weighted by Crippen LogP contribution is 2.21. The van der Waals surface area contributed by atoms with Crippen LogP contribution in [-0.2, 0) is 0 Å². The zero-order valence-corrected chi connectivity index (χ0v) is 13.8. The topological polar surface area (TPSA) is 52.5 Å². The van der Waals surface area contributed by atoms with Gasteiger partial charge in [0.1, 0.15) is 5.82 Å². The van der Waals surface area contributed by atoms with E-state index in [0.29, 0.717) is 12.6 Å². The third-order valence-corrected chi connectivity index (χ3v) is 4.64. The van der Waals surface area contributed by atoms with Gasteiger partial charge in [0, 0.05) is 38.1 Å². The monoisotopic (exact) mass is 330 g/mol. The van der Waals surface area contributed by atoms with Gasteiger partial charge in [-0.25, -0.2) is 14.4 Å². The molecule has 1 aliphatic heterocycles. The minimum Gasteiger partial charge on any atom is -0.387 e. The number of rotatable bonds is 5. The Morgan fingerprint density at radius 2 is 1.83 bits per heavy atom. The number of aliphatic hydroxyl groups is 1. The van der Waals surface area contributed by atoms with Gasteiger partial charge in [0.15, 0.2) is 0 Å². The van der Waals surface area contributed by atoms with Crippen LogP contribution in [0.3, 0.4) is 0 Å². The molecule has 0 radical (unpaired) electrons. The molecule has 0 saturated carbocycles. The molecule has 0 amide bonds. The molecule has 1 fully saturated rings. The van der Waals surface area contributed by atoms with Crippen molar-refractivity contribution in [2.45, 2.75) is 25.0 Å². The van der Waals surface area contributed by atoms with E-state index in [0.717, 1.165) is 37.4 Å². The second kappa shape index (κ2) is 7.68. The Bertz CT molecular complexity index is 629. The first-order valence-electron chi connectivity index (χ1n) is 8.29. The second-order valence-electron chi connectivity index (χ2n) is 6.27. The molecule has 1 N–H and O–H groups in total. The lowest BCUT2D eigenvalue weighted by atomic mass is 10.0. The Morgan fingerprint density at radius 1 is 1.21 bits per heavy atom. The first kappa shape index (κ1) is 16.8. The molecule has 1 aliphatic rings. The molecule has 2 heterocycles.